The van der Waals surface area contributed by atoms with E-state index in [1.54, 1.807) is 13.8 Å². The molecule has 2 rings (SSSR count). The molecule has 0 atom stereocenters. The number of rotatable bonds is 10. The Bertz CT molecular complexity index is 641. The Balaban J connectivity index is 1.93. The molecule has 1 aromatic carbocycles. The van der Waals surface area contributed by atoms with Gasteiger partial charge >= 0.3 is 11.9 Å². The van der Waals surface area contributed by atoms with Gasteiger partial charge in [-0.25, -0.2) is 0 Å². The Hall–Kier alpha value is -1.84. The van der Waals surface area contributed by atoms with Crippen LogP contribution < -0.4 is 0 Å². The van der Waals surface area contributed by atoms with Crippen molar-refractivity contribution in [3.05, 3.63) is 34.9 Å². The number of benzene rings is 1. The molecule has 4 heteroatoms. The predicted octanol–water partition coefficient (Wildman–Crippen LogP) is 4.62. The third kappa shape index (κ3) is 5.07. The van der Waals surface area contributed by atoms with E-state index in [-0.39, 0.29) is 0 Å². The summed E-state index contributed by atoms with van der Waals surface area (Å²) in [4.78, 5) is 22.5. The van der Waals surface area contributed by atoms with E-state index in [4.69, 9.17) is 0 Å². The largest absolute Gasteiger partial charge is 0.481 e. The number of carboxylic acids is 2. The van der Waals surface area contributed by atoms with Crippen LogP contribution in [0.4, 0.5) is 0 Å². The van der Waals surface area contributed by atoms with E-state index in [1.807, 2.05) is 0 Å². The molecule has 0 aliphatic heterocycles. The zero-order valence-electron chi connectivity index (χ0n) is 15.6. The fraction of sp³-hybridized carbons (Fsp3) is 0.619. The maximum atomic E-state index is 11.3. The van der Waals surface area contributed by atoms with Crippen molar-refractivity contribution in [1.82, 2.24) is 0 Å². The Morgan fingerprint density at radius 3 is 2.28 bits per heavy atom. The van der Waals surface area contributed by atoms with Crippen molar-refractivity contribution in [2.75, 3.05) is 0 Å². The molecule has 0 unspecified atom stereocenters. The van der Waals surface area contributed by atoms with Crippen molar-refractivity contribution in [2.24, 2.45) is 10.8 Å². The maximum Gasteiger partial charge on any atom is 0.309 e. The molecule has 1 aliphatic rings. The summed E-state index contributed by atoms with van der Waals surface area (Å²) in [7, 11) is 0. The molecule has 0 amide bonds. The Kier molecular flexibility index (Phi) is 5.91. The first-order chi connectivity index (χ1) is 11.7. The fourth-order valence-electron chi connectivity index (χ4n) is 3.40. The van der Waals surface area contributed by atoms with Gasteiger partial charge in [-0.1, -0.05) is 23.8 Å². The Morgan fingerprint density at radius 1 is 1.08 bits per heavy atom. The third-order valence-corrected chi connectivity index (χ3v) is 5.60. The van der Waals surface area contributed by atoms with Crippen LogP contribution >= 0.6 is 0 Å². The lowest BCUT2D eigenvalue weighted by Gasteiger charge is -2.19. The minimum atomic E-state index is -0.750. The molecule has 1 saturated carbocycles. The minimum absolute atomic E-state index is 0.448. The van der Waals surface area contributed by atoms with Gasteiger partial charge < -0.3 is 10.2 Å². The van der Waals surface area contributed by atoms with Gasteiger partial charge in [-0.15, -0.1) is 0 Å². The molecular formula is C21H30O4. The summed E-state index contributed by atoms with van der Waals surface area (Å²) < 4.78 is 0. The Morgan fingerprint density at radius 2 is 1.72 bits per heavy atom. The van der Waals surface area contributed by atoms with Gasteiger partial charge in [0, 0.05) is 0 Å². The highest BCUT2D eigenvalue weighted by atomic mass is 16.4. The summed E-state index contributed by atoms with van der Waals surface area (Å²) in [6.45, 7) is 5.61. The first-order valence-corrected chi connectivity index (χ1v) is 9.21. The highest BCUT2D eigenvalue weighted by Gasteiger charge is 2.49. The lowest BCUT2D eigenvalue weighted by atomic mass is 9.85. The SMILES string of the molecule is Cc1ccc(CCCC2(C(=O)O)CC2)c(CCCC(C)(C)C(=O)O)c1. The maximum absolute atomic E-state index is 11.3. The van der Waals surface area contributed by atoms with Crippen LogP contribution in [0.3, 0.4) is 0 Å². The van der Waals surface area contributed by atoms with Crippen molar-refractivity contribution in [3.63, 3.8) is 0 Å². The zero-order valence-corrected chi connectivity index (χ0v) is 15.6. The number of hydrogen-bond donors (Lipinski definition) is 2. The molecule has 1 aromatic rings. The molecule has 0 spiro atoms. The molecule has 0 saturated heterocycles. The van der Waals surface area contributed by atoms with Crippen molar-refractivity contribution in [2.45, 2.75) is 72.1 Å². The lowest BCUT2D eigenvalue weighted by Crippen LogP contribution is -2.23. The predicted molar refractivity (Wildman–Crippen MR) is 97.8 cm³/mol. The summed E-state index contributed by atoms with van der Waals surface area (Å²) in [5.74, 6) is -1.40. The molecule has 1 aliphatic carbocycles. The van der Waals surface area contributed by atoms with Crippen LogP contribution in [0.1, 0.15) is 69.1 Å². The summed E-state index contributed by atoms with van der Waals surface area (Å²) in [5.41, 5.74) is 2.63. The second-order valence-corrected chi connectivity index (χ2v) is 8.25. The second-order valence-electron chi connectivity index (χ2n) is 8.25. The highest BCUT2D eigenvalue weighted by Crippen LogP contribution is 2.50. The molecule has 2 N–H and O–H groups in total. The summed E-state index contributed by atoms with van der Waals surface area (Å²) in [6, 6.07) is 6.44. The topological polar surface area (TPSA) is 74.6 Å². The molecule has 1 fully saturated rings. The van der Waals surface area contributed by atoms with E-state index in [9.17, 15) is 19.8 Å². The lowest BCUT2D eigenvalue weighted by molar-refractivity contribution is -0.147. The van der Waals surface area contributed by atoms with Crippen molar-refractivity contribution in [1.29, 1.82) is 0 Å². The van der Waals surface area contributed by atoms with Crippen molar-refractivity contribution < 1.29 is 19.8 Å². The van der Waals surface area contributed by atoms with E-state index < -0.39 is 22.8 Å². The standard InChI is InChI=1S/C21H30O4/c1-15-8-9-16(6-5-11-21(12-13-21)19(24)25)17(14-15)7-4-10-20(2,3)18(22)23/h8-9,14H,4-7,10-13H2,1-3H3,(H,22,23)(H,24,25). The molecular weight excluding hydrogens is 316 g/mol. The molecule has 0 radical (unpaired) electrons. The molecule has 25 heavy (non-hydrogen) atoms. The van der Waals surface area contributed by atoms with E-state index in [0.717, 1.165) is 44.9 Å². The van der Waals surface area contributed by atoms with E-state index >= 15 is 0 Å². The van der Waals surface area contributed by atoms with Gasteiger partial charge in [-0.3, -0.25) is 9.59 Å². The Labute approximate surface area is 150 Å². The molecule has 0 heterocycles. The van der Waals surface area contributed by atoms with E-state index in [1.165, 1.54) is 16.7 Å². The van der Waals surface area contributed by atoms with Gasteiger partial charge in [0.2, 0.25) is 0 Å². The van der Waals surface area contributed by atoms with Gasteiger partial charge in [-0.05, 0) is 83.3 Å². The van der Waals surface area contributed by atoms with E-state index in [2.05, 4.69) is 25.1 Å². The van der Waals surface area contributed by atoms with Gasteiger partial charge in [0.25, 0.3) is 0 Å². The minimum Gasteiger partial charge on any atom is -0.481 e. The first kappa shape index (κ1) is 19.5. The van der Waals surface area contributed by atoms with E-state index in [0.29, 0.717) is 6.42 Å². The summed E-state index contributed by atoms with van der Waals surface area (Å²) in [5, 5.41) is 18.5. The zero-order chi connectivity index (χ0) is 18.7. The van der Waals surface area contributed by atoms with Crippen LogP contribution in [0.2, 0.25) is 0 Å². The average molecular weight is 346 g/mol. The molecule has 4 nitrogen and oxygen atoms in total. The average Bonchev–Trinajstić information content (AvgIpc) is 3.30. The smallest absolute Gasteiger partial charge is 0.309 e. The number of carboxylic acid groups (broad SMARTS) is 2. The highest BCUT2D eigenvalue weighted by molar-refractivity contribution is 5.77. The van der Waals surface area contributed by atoms with Crippen LogP contribution in [-0.4, -0.2) is 22.2 Å². The number of aryl methyl sites for hydroxylation is 3. The van der Waals surface area contributed by atoms with Crippen LogP contribution in [-0.2, 0) is 22.4 Å². The van der Waals surface area contributed by atoms with Gasteiger partial charge in [-0.2, -0.15) is 0 Å². The van der Waals surface area contributed by atoms with Crippen LogP contribution in [0.25, 0.3) is 0 Å². The van der Waals surface area contributed by atoms with Gasteiger partial charge in [0.1, 0.15) is 0 Å². The van der Waals surface area contributed by atoms with Crippen molar-refractivity contribution >= 4 is 11.9 Å². The summed E-state index contributed by atoms with van der Waals surface area (Å²) in [6.07, 6.45) is 6.53. The monoisotopic (exact) mass is 346 g/mol. The number of hydrogen-bond acceptors (Lipinski definition) is 2. The van der Waals surface area contributed by atoms with Crippen LogP contribution in [0.15, 0.2) is 18.2 Å². The number of carbonyl (C=O) groups is 2. The first-order valence-electron chi connectivity index (χ1n) is 9.21. The van der Waals surface area contributed by atoms with Crippen LogP contribution in [0, 0.1) is 17.8 Å². The molecule has 0 aromatic heterocycles. The van der Waals surface area contributed by atoms with Gasteiger partial charge in [0.05, 0.1) is 10.8 Å². The fourth-order valence-corrected chi connectivity index (χ4v) is 3.40. The van der Waals surface area contributed by atoms with Gasteiger partial charge in [0.15, 0.2) is 0 Å². The third-order valence-electron chi connectivity index (χ3n) is 5.60. The number of aliphatic carboxylic acids is 2. The normalized spacial score (nSPS) is 15.8. The van der Waals surface area contributed by atoms with Crippen LogP contribution in [0.5, 0.6) is 0 Å². The molecule has 0 bridgehead atoms. The molecule has 138 valence electrons. The summed E-state index contributed by atoms with van der Waals surface area (Å²) >= 11 is 0. The van der Waals surface area contributed by atoms with Crippen molar-refractivity contribution in [3.8, 4) is 0 Å². The second kappa shape index (κ2) is 7.59. The quantitative estimate of drug-likeness (QED) is 0.648.